The van der Waals surface area contributed by atoms with Crippen LogP contribution >= 0.6 is 0 Å². The Hall–Kier alpha value is -2.17. The molecule has 0 atom stereocenters. The number of benzene rings is 1. The Morgan fingerprint density at radius 2 is 1.50 bits per heavy atom. The van der Waals surface area contributed by atoms with Gasteiger partial charge >= 0.3 is 0 Å². The molecule has 2 fully saturated rings. The van der Waals surface area contributed by atoms with Crippen molar-refractivity contribution in [3.05, 3.63) is 46.7 Å². The van der Waals surface area contributed by atoms with Crippen molar-refractivity contribution < 1.29 is 9.21 Å². The molecule has 1 aromatic carbocycles. The van der Waals surface area contributed by atoms with Crippen molar-refractivity contribution in [3.63, 3.8) is 0 Å². The lowest BCUT2D eigenvalue weighted by Crippen LogP contribution is -2.38. The van der Waals surface area contributed by atoms with Gasteiger partial charge in [0, 0.05) is 30.5 Å². The third-order valence-electron chi connectivity index (χ3n) is 4.98. The maximum Gasteiger partial charge on any atom is 0.253 e. The zero-order valence-electron chi connectivity index (χ0n) is 14.3. The third-order valence-corrected chi connectivity index (χ3v) is 4.98. The smallest absolute Gasteiger partial charge is 0.253 e. The van der Waals surface area contributed by atoms with Crippen LogP contribution < -0.4 is 0 Å². The molecule has 1 aliphatic heterocycles. The second kappa shape index (κ2) is 6.04. The lowest BCUT2D eigenvalue weighted by atomic mass is 9.96. The summed E-state index contributed by atoms with van der Waals surface area (Å²) < 4.78 is 5.83. The number of carbonyl (C=O) groups excluding carboxylic acids is 1. The number of rotatable bonds is 3. The first kappa shape index (κ1) is 15.4. The minimum atomic E-state index is 0.129. The molecule has 1 aliphatic carbocycles. The molecule has 1 saturated carbocycles. The van der Waals surface area contributed by atoms with Crippen LogP contribution in [0.25, 0.3) is 0 Å². The van der Waals surface area contributed by atoms with Gasteiger partial charge in [0.1, 0.15) is 0 Å². The van der Waals surface area contributed by atoms with Crippen molar-refractivity contribution in [2.45, 2.75) is 51.4 Å². The Morgan fingerprint density at radius 1 is 0.958 bits per heavy atom. The minimum Gasteiger partial charge on any atom is -0.425 e. The predicted molar refractivity (Wildman–Crippen MR) is 90.1 cm³/mol. The Bertz CT molecular complexity index is 735. The maximum absolute atomic E-state index is 12.7. The number of hydrogen-bond donors (Lipinski definition) is 0. The van der Waals surface area contributed by atoms with E-state index in [1.54, 1.807) is 0 Å². The quantitative estimate of drug-likeness (QED) is 0.865. The van der Waals surface area contributed by atoms with E-state index < -0.39 is 0 Å². The van der Waals surface area contributed by atoms with E-state index in [0.717, 1.165) is 54.4 Å². The van der Waals surface area contributed by atoms with Gasteiger partial charge in [-0.15, -0.1) is 10.2 Å². The number of carbonyl (C=O) groups is 1. The fraction of sp³-hybridized carbons (Fsp3) is 0.526. The van der Waals surface area contributed by atoms with Gasteiger partial charge in [0.15, 0.2) is 0 Å². The normalized spacial score (nSPS) is 18.8. The summed E-state index contributed by atoms with van der Waals surface area (Å²) in [7, 11) is 0. The lowest BCUT2D eigenvalue weighted by molar-refractivity contribution is 0.0705. The summed E-state index contributed by atoms with van der Waals surface area (Å²) in [6.07, 6.45) is 4.13. The SMILES string of the molecule is Cc1cc(C)cc(C(=O)N2CCC(c3nnc(C4CC4)o3)CC2)c1. The fourth-order valence-corrected chi connectivity index (χ4v) is 3.52. The number of aryl methyl sites for hydroxylation is 2. The Morgan fingerprint density at radius 3 is 2.04 bits per heavy atom. The van der Waals surface area contributed by atoms with Crippen LogP contribution in [0.4, 0.5) is 0 Å². The Labute approximate surface area is 142 Å². The van der Waals surface area contributed by atoms with Crippen molar-refractivity contribution in [1.82, 2.24) is 15.1 Å². The average Bonchev–Trinajstić information content (AvgIpc) is 3.31. The third kappa shape index (κ3) is 3.07. The first-order valence-electron chi connectivity index (χ1n) is 8.81. The highest BCUT2D eigenvalue weighted by Crippen LogP contribution is 2.40. The van der Waals surface area contributed by atoms with Crippen LogP contribution in [0.3, 0.4) is 0 Å². The number of amides is 1. The van der Waals surface area contributed by atoms with E-state index in [-0.39, 0.29) is 11.8 Å². The molecule has 0 N–H and O–H groups in total. The van der Waals surface area contributed by atoms with Crippen LogP contribution in [0.15, 0.2) is 22.6 Å². The molecule has 0 unspecified atom stereocenters. The average molecular weight is 325 g/mol. The molecule has 24 heavy (non-hydrogen) atoms. The van der Waals surface area contributed by atoms with Gasteiger partial charge in [0.25, 0.3) is 5.91 Å². The summed E-state index contributed by atoms with van der Waals surface area (Å²) in [5.41, 5.74) is 3.05. The summed E-state index contributed by atoms with van der Waals surface area (Å²) in [6.45, 7) is 5.56. The van der Waals surface area contributed by atoms with Crippen molar-refractivity contribution in [3.8, 4) is 0 Å². The highest BCUT2D eigenvalue weighted by atomic mass is 16.4. The summed E-state index contributed by atoms with van der Waals surface area (Å²) in [4.78, 5) is 14.7. The van der Waals surface area contributed by atoms with Crippen LogP contribution in [0.2, 0.25) is 0 Å². The molecule has 1 saturated heterocycles. The molecule has 5 heteroatoms. The molecular formula is C19H23N3O2. The Balaban J connectivity index is 1.40. The van der Waals surface area contributed by atoms with Gasteiger partial charge in [-0.05, 0) is 51.7 Å². The van der Waals surface area contributed by atoms with E-state index in [9.17, 15) is 4.79 Å². The highest BCUT2D eigenvalue weighted by Gasteiger charge is 2.32. The summed E-state index contributed by atoms with van der Waals surface area (Å²) in [5, 5.41) is 8.41. The molecule has 2 heterocycles. The van der Waals surface area contributed by atoms with Gasteiger partial charge in [0.05, 0.1) is 0 Å². The second-order valence-corrected chi connectivity index (χ2v) is 7.20. The van der Waals surface area contributed by atoms with E-state index in [1.165, 1.54) is 12.8 Å². The zero-order valence-corrected chi connectivity index (χ0v) is 14.3. The number of likely N-dealkylation sites (tertiary alicyclic amines) is 1. The number of nitrogens with zero attached hydrogens (tertiary/aromatic N) is 3. The maximum atomic E-state index is 12.7. The van der Waals surface area contributed by atoms with E-state index >= 15 is 0 Å². The van der Waals surface area contributed by atoms with Crippen LogP contribution in [-0.2, 0) is 0 Å². The van der Waals surface area contributed by atoms with Crippen LogP contribution in [0, 0.1) is 13.8 Å². The molecule has 0 spiro atoms. The van der Waals surface area contributed by atoms with Gasteiger partial charge < -0.3 is 9.32 Å². The van der Waals surface area contributed by atoms with Crippen molar-refractivity contribution in [2.75, 3.05) is 13.1 Å². The molecule has 0 bridgehead atoms. The fourth-order valence-electron chi connectivity index (χ4n) is 3.52. The lowest BCUT2D eigenvalue weighted by Gasteiger charge is -2.30. The summed E-state index contributed by atoms with van der Waals surface area (Å²) >= 11 is 0. The monoisotopic (exact) mass is 325 g/mol. The Kier molecular flexibility index (Phi) is 3.87. The van der Waals surface area contributed by atoms with Crippen LogP contribution in [-0.4, -0.2) is 34.1 Å². The van der Waals surface area contributed by atoms with Crippen LogP contribution in [0.5, 0.6) is 0 Å². The van der Waals surface area contributed by atoms with E-state index in [1.807, 2.05) is 30.9 Å². The number of hydrogen-bond acceptors (Lipinski definition) is 4. The molecule has 2 aliphatic rings. The molecule has 2 aromatic rings. The van der Waals surface area contributed by atoms with Crippen molar-refractivity contribution in [2.24, 2.45) is 0 Å². The minimum absolute atomic E-state index is 0.129. The molecule has 4 rings (SSSR count). The van der Waals surface area contributed by atoms with E-state index in [0.29, 0.717) is 5.92 Å². The highest BCUT2D eigenvalue weighted by molar-refractivity contribution is 5.94. The molecule has 5 nitrogen and oxygen atoms in total. The van der Waals surface area contributed by atoms with Gasteiger partial charge in [0.2, 0.25) is 11.8 Å². The van der Waals surface area contributed by atoms with Gasteiger partial charge in [-0.25, -0.2) is 0 Å². The van der Waals surface area contributed by atoms with Gasteiger partial charge in [-0.3, -0.25) is 4.79 Å². The van der Waals surface area contributed by atoms with Crippen LogP contribution in [0.1, 0.15) is 70.8 Å². The standard InChI is InChI=1S/C19H23N3O2/c1-12-9-13(2)11-16(10-12)19(23)22-7-5-15(6-8-22)18-21-20-17(24-18)14-3-4-14/h9-11,14-15H,3-8H2,1-2H3. The van der Waals surface area contributed by atoms with Gasteiger partial charge in [-0.1, -0.05) is 17.2 Å². The van der Waals surface area contributed by atoms with Crippen molar-refractivity contribution >= 4 is 5.91 Å². The predicted octanol–water partition coefficient (Wildman–Crippen LogP) is 3.58. The zero-order chi connectivity index (χ0) is 16.7. The molecule has 1 amide bonds. The van der Waals surface area contributed by atoms with Crippen molar-refractivity contribution in [1.29, 1.82) is 0 Å². The first-order valence-corrected chi connectivity index (χ1v) is 8.81. The first-order chi connectivity index (χ1) is 11.6. The molecular weight excluding hydrogens is 302 g/mol. The van der Waals surface area contributed by atoms with Gasteiger partial charge in [-0.2, -0.15) is 0 Å². The topological polar surface area (TPSA) is 59.2 Å². The van der Waals surface area contributed by atoms with E-state index in [2.05, 4.69) is 16.3 Å². The molecule has 126 valence electrons. The largest absolute Gasteiger partial charge is 0.425 e. The number of piperidine rings is 1. The number of aromatic nitrogens is 2. The van der Waals surface area contributed by atoms with E-state index in [4.69, 9.17) is 4.42 Å². The second-order valence-electron chi connectivity index (χ2n) is 7.20. The summed E-state index contributed by atoms with van der Waals surface area (Å²) in [6, 6.07) is 6.04. The summed E-state index contributed by atoms with van der Waals surface area (Å²) in [5.74, 6) is 2.48. The molecule has 1 aromatic heterocycles. The molecule has 0 radical (unpaired) electrons.